The van der Waals surface area contributed by atoms with E-state index in [4.69, 9.17) is 0 Å². The average Bonchev–Trinajstić information content (AvgIpc) is 2.85. The van der Waals surface area contributed by atoms with E-state index in [2.05, 4.69) is 10.2 Å². The molecule has 0 bridgehead atoms. The lowest BCUT2D eigenvalue weighted by Gasteiger charge is -2.18. The highest BCUT2D eigenvalue weighted by Crippen LogP contribution is 2.18. The molecule has 1 saturated heterocycles. The molecule has 1 aliphatic carbocycles. The van der Waals surface area contributed by atoms with Crippen LogP contribution in [0.4, 0.5) is 0 Å². The molecule has 0 aromatic rings. The van der Waals surface area contributed by atoms with Crippen molar-refractivity contribution in [2.75, 3.05) is 26.2 Å². The standard InChI is InChI=1S/C12H24N2O/c15-12-6-3-5-11(12)13-7-4-10-14-8-1-2-9-14/h11-13,15H,1-10H2. The number of likely N-dealkylation sites (tertiary alicyclic amines) is 1. The van der Waals surface area contributed by atoms with Gasteiger partial charge in [0.25, 0.3) is 0 Å². The summed E-state index contributed by atoms with van der Waals surface area (Å²) in [6.45, 7) is 4.89. The van der Waals surface area contributed by atoms with Crippen molar-refractivity contribution < 1.29 is 5.11 Å². The first kappa shape index (κ1) is 11.4. The molecule has 1 saturated carbocycles. The third-order valence-corrected chi connectivity index (χ3v) is 3.74. The number of hydrogen-bond acceptors (Lipinski definition) is 3. The van der Waals surface area contributed by atoms with Crippen molar-refractivity contribution in [2.45, 2.75) is 50.7 Å². The van der Waals surface area contributed by atoms with Gasteiger partial charge in [-0.3, -0.25) is 0 Å². The van der Waals surface area contributed by atoms with Crippen LogP contribution in [0, 0.1) is 0 Å². The van der Waals surface area contributed by atoms with Crippen LogP contribution in [0.1, 0.15) is 38.5 Å². The second-order valence-electron chi connectivity index (χ2n) is 4.96. The lowest BCUT2D eigenvalue weighted by Crippen LogP contribution is -2.37. The van der Waals surface area contributed by atoms with Crippen LogP contribution in [0.3, 0.4) is 0 Å². The summed E-state index contributed by atoms with van der Waals surface area (Å²) in [5.74, 6) is 0. The topological polar surface area (TPSA) is 35.5 Å². The van der Waals surface area contributed by atoms with Crippen LogP contribution in [0.15, 0.2) is 0 Å². The maximum Gasteiger partial charge on any atom is 0.0693 e. The van der Waals surface area contributed by atoms with E-state index in [1.54, 1.807) is 0 Å². The summed E-state index contributed by atoms with van der Waals surface area (Å²) in [4.78, 5) is 2.55. The van der Waals surface area contributed by atoms with Crippen molar-refractivity contribution in [1.82, 2.24) is 10.2 Å². The molecule has 1 aliphatic heterocycles. The van der Waals surface area contributed by atoms with Gasteiger partial charge in [0.2, 0.25) is 0 Å². The minimum Gasteiger partial charge on any atom is -0.392 e. The summed E-state index contributed by atoms with van der Waals surface area (Å²) in [7, 11) is 0. The van der Waals surface area contributed by atoms with E-state index in [0.717, 1.165) is 19.4 Å². The Morgan fingerprint density at radius 3 is 2.60 bits per heavy atom. The molecule has 1 heterocycles. The smallest absolute Gasteiger partial charge is 0.0693 e. The van der Waals surface area contributed by atoms with Gasteiger partial charge in [-0.2, -0.15) is 0 Å². The Bertz CT molecular complexity index is 180. The maximum atomic E-state index is 9.63. The fraction of sp³-hybridized carbons (Fsp3) is 1.00. The molecule has 2 atom stereocenters. The van der Waals surface area contributed by atoms with Gasteiger partial charge in [0.15, 0.2) is 0 Å². The van der Waals surface area contributed by atoms with Crippen LogP contribution >= 0.6 is 0 Å². The van der Waals surface area contributed by atoms with Crippen LogP contribution in [0.25, 0.3) is 0 Å². The first-order valence-electron chi connectivity index (χ1n) is 6.50. The Balaban J connectivity index is 1.51. The Hall–Kier alpha value is -0.120. The monoisotopic (exact) mass is 212 g/mol. The summed E-state index contributed by atoms with van der Waals surface area (Å²) < 4.78 is 0. The number of nitrogens with one attached hydrogen (secondary N) is 1. The Morgan fingerprint density at radius 2 is 1.93 bits per heavy atom. The zero-order chi connectivity index (χ0) is 10.5. The van der Waals surface area contributed by atoms with E-state index >= 15 is 0 Å². The number of rotatable bonds is 5. The molecule has 2 fully saturated rings. The van der Waals surface area contributed by atoms with E-state index < -0.39 is 0 Å². The van der Waals surface area contributed by atoms with Gasteiger partial charge in [0, 0.05) is 6.04 Å². The van der Waals surface area contributed by atoms with Crippen molar-refractivity contribution in [2.24, 2.45) is 0 Å². The second-order valence-corrected chi connectivity index (χ2v) is 4.96. The van der Waals surface area contributed by atoms with Gasteiger partial charge in [-0.05, 0) is 64.7 Å². The highest BCUT2D eigenvalue weighted by atomic mass is 16.3. The first-order valence-corrected chi connectivity index (χ1v) is 6.50. The van der Waals surface area contributed by atoms with Gasteiger partial charge in [-0.15, -0.1) is 0 Å². The number of nitrogens with zero attached hydrogens (tertiary/aromatic N) is 1. The SMILES string of the molecule is OC1CCCC1NCCCN1CCCC1. The van der Waals surface area contributed by atoms with Gasteiger partial charge < -0.3 is 15.3 Å². The molecule has 88 valence electrons. The normalized spacial score (nSPS) is 32.6. The second kappa shape index (κ2) is 5.83. The van der Waals surface area contributed by atoms with Gasteiger partial charge in [0.05, 0.1) is 6.10 Å². The molecule has 0 aromatic carbocycles. The van der Waals surface area contributed by atoms with Crippen LogP contribution in [0.2, 0.25) is 0 Å². The Kier molecular flexibility index (Phi) is 4.42. The van der Waals surface area contributed by atoms with Gasteiger partial charge in [0.1, 0.15) is 0 Å². The average molecular weight is 212 g/mol. The predicted molar refractivity (Wildman–Crippen MR) is 61.9 cm³/mol. The molecule has 3 heteroatoms. The van der Waals surface area contributed by atoms with E-state index in [0.29, 0.717) is 6.04 Å². The Morgan fingerprint density at radius 1 is 1.13 bits per heavy atom. The molecule has 2 unspecified atom stereocenters. The van der Waals surface area contributed by atoms with E-state index in [-0.39, 0.29) is 6.10 Å². The molecule has 0 radical (unpaired) electrons. The molecule has 2 rings (SSSR count). The molecular weight excluding hydrogens is 188 g/mol. The predicted octanol–water partition coefficient (Wildman–Crippen LogP) is 0.975. The summed E-state index contributed by atoms with van der Waals surface area (Å²) in [6.07, 6.45) is 7.24. The molecule has 0 aromatic heterocycles. The molecule has 2 N–H and O–H groups in total. The molecule has 3 nitrogen and oxygen atoms in total. The summed E-state index contributed by atoms with van der Waals surface area (Å²) in [6, 6.07) is 0.378. The number of aliphatic hydroxyl groups excluding tert-OH is 1. The van der Waals surface area contributed by atoms with Crippen molar-refractivity contribution >= 4 is 0 Å². The maximum absolute atomic E-state index is 9.63. The zero-order valence-electron chi connectivity index (χ0n) is 9.62. The van der Waals surface area contributed by atoms with Crippen molar-refractivity contribution in [3.63, 3.8) is 0 Å². The molecule has 15 heavy (non-hydrogen) atoms. The lowest BCUT2D eigenvalue weighted by atomic mass is 10.2. The number of hydrogen-bond donors (Lipinski definition) is 2. The van der Waals surface area contributed by atoms with Crippen molar-refractivity contribution in [1.29, 1.82) is 0 Å². The highest BCUT2D eigenvalue weighted by Gasteiger charge is 2.24. The fourth-order valence-electron chi connectivity index (χ4n) is 2.77. The van der Waals surface area contributed by atoms with Gasteiger partial charge >= 0.3 is 0 Å². The van der Waals surface area contributed by atoms with Crippen molar-refractivity contribution in [3.8, 4) is 0 Å². The molecule has 0 spiro atoms. The third-order valence-electron chi connectivity index (χ3n) is 3.74. The first-order chi connectivity index (χ1) is 7.36. The van der Waals surface area contributed by atoms with Crippen LogP contribution in [-0.4, -0.2) is 48.3 Å². The number of aliphatic hydroxyl groups is 1. The van der Waals surface area contributed by atoms with E-state index in [9.17, 15) is 5.11 Å². The quantitative estimate of drug-likeness (QED) is 0.667. The van der Waals surface area contributed by atoms with Crippen LogP contribution in [0.5, 0.6) is 0 Å². The molecule has 0 amide bonds. The summed E-state index contributed by atoms with van der Waals surface area (Å²) >= 11 is 0. The van der Waals surface area contributed by atoms with Crippen LogP contribution < -0.4 is 5.32 Å². The summed E-state index contributed by atoms with van der Waals surface area (Å²) in [5, 5.41) is 13.1. The third kappa shape index (κ3) is 3.44. The minimum atomic E-state index is -0.0863. The van der Waals surface area contributed by atoms with E-state index in [1.807, 2.05) is 0 Å². The molecular formula is C12H24N2O. The Labute approximate surface area is 92.8 Å². The minimum absolute atomic E-state index is 0.0863. The largest absolute Gasteiger partial charge is 0.392 e. The van der Waals surface area contributed by atoms with E-state index in [1.165, 1.54) is 45.3 Å². The highest BCUT2D eigenvalue weighted by molar-refractivity contribution is 4.82. The van der Waals surface area contributed by atoms with Crippen molar-refractivity contribution in [3.05, 3.63) is 0 Å². The zero-order valence-corrected chi connectivity index (χ0v) is 9.62. The fourth-order valence-corrected chi connectivity index (χ4v) is 2.77. The lowest BCUT2D eigenvalue weighted by molar-refractivity contribution is 0.148. The van der Waals surface area contributed by atoms with Crippen LogP contribution in [-0.2, 0) is 0 Å². The summed E-state index contributed by atoms with van der Waals surface area (Å²) in [5.41, 5.74) is 0. The molecule has 2 aliphatic rings. The van der Waals surface area contributed by atoms with Gasteiger partial charge in [-0.1, -0.05) is 0 Å². The van der Waals surface area contributed by atoms with Gasteiger partial charge in [-0.25, -0.2) is 0 Å².